The molecule has 0 atom stereocenters. The summed E-state index contributed by atoms with van der Waals surface area (Å²) in [6, 6.07) is 16.0. The molecule has 5 rings (SSSR count). The molecule has 0 spiro atoms. The number of rotatable bonds is 7. The second-order valence-corrected chi connectivity index (χ2v) is 8.99. The molecule has 0 aliphatic heterocycles. The third-order valence-corrected chi connectivity index (χ3v) is 5.91. The molecule has 1 saturated carbocycles. The van der Waals surface area contributed by atoms with Crippen LogP contribution >= 0.6 is 0 Å². The highest BCUT2D eigenvalue weighted by molar-refractivity contribution is 6.06. The molecule has 0 radical (unpaired) electrons. The number of nitrogens with one attached hydrogen (secondary N) is 1. The van der Waals surface area contributed by atoms with E-state index in [-0.39, 0.29) is 5.91 Å². The number of carbonyl (C=O) groups excluding carboxylic acids is 1. The van der Waals surface area contributed by atoms with E-state index >= 15 is 0 Å². The lowest BCUT2D eigenvalue weighted by Gasteiger charge is -2.11. The minimum Gasteiger partial charge on any atom is -0.348 e. The Balaban J connectivity index is 1.45. The van der Waals surface area contributed by atoms with Crippen LogP contribution in [-0.4, -0.2) is 44.7 Å². The van der Waals surface area contributed by atoms with Crippen molar-refractivity contribution in [3.05, 3.63) is 82.8 Å². The van der Waals surface area contributed by atoms with Crippen molar-refractivity contribution in [2.45, 2.75) is 38.8 Å². The van der Waals surface area contributed by atoms with E-state index in [1.165, 1.54) is 5.56 Å². The predicted molar refractivity (Wildman–Crippen MR) is 128 cm³/mol. The van der Waals surface area contributed by atoms with E-state index in [1.54, 1.807) is 10.9 Å². The third kappa shape index (κ3) is 4.50. The number of carbonyl (C=O) groups is 1. The first-order chi connectivity index (χ1) is 16.0. The molecule has 1 aliphatic rings. The van der Waals surface area contributed by atoms with Crippen LogP contribution in [0, 0.1) is 6.92 Å². The molecule has 1 aromatic carbocycles. The van der Waals surface area contributed by atoms with E-state index < -0.39 is 0 Å². The van der Waals surface area contributed by atoms with Gasteiger partial charge in [0.2, 0.25) is 0 Å². The smallest absolute Gasteiger partial charge is 0.252 e. The van der Waals surface area contributed by atoms with Gasteiger partial charge < -0.3 is 10.2 Å². The zero-order chi connectivity index (χ0) is 22.9. The standard InChI is InChI=1S/C26H28N6O/c1-17-24-21(26(33)28-15-18-7-9-19(10-8-18)16-31(2)3)14-22(20-11-12-20)29-25(24)32(30-17)23-6-4-5-13-27-23/h4-10,13-14,20H,11-12,15-16H2,1-3H3,(H,28,33). The molecule has 1 N–H and O–H groups in total. The van der Waals surface area contributed by atoms with Crippen molar-refractivity contribution in [3.8, 4) is 5.82 Å². The highest BCUT2D eigenvalue weighted by atomic mass is 16.1. The molecule has 0 unspecified atom stereocenters. The molecule has 1 amide bonds. The summed E-state index contributed by atoms with van der Waals surface area (Å²) in [6.45, 7) is 3.28. The number of aromatic nitrogens is 4. The summed E-state index contributed by atoms with van der Waals surface area (Å²) < 4.78 is 1.75. The normalized spacial score (nSPS) is 13.6. The zero-order valence-electron chi connectivity index (χ0n) is 19.2. The van der Waals surface area contributed by atoms with Crippen LogP contribution in [0.15, 0.2) is 54.7 Å². The first kappa shape index (κ1) is 21.3. The van der Waals surface area contributed by atoms with Crippen molar-refractivity contribution in [1.82, 2.24) is 30.0 Å². The van der Waals surface area contributed by atoms with Crippen molar-refractivity contribution >= 4 is 16.9 Å². The fourth-order valence-electron chi connectivity index (χ4n) is 4.12. The van der Waals surface area contributed by atoms with Crippen LogP contribution < -0.4 is 5.32 Å². The highest BCUT2D eigenvalue weighted by Gasteiger charge is 2.29. The molecular weight excluding hydrogens is 412 g/mol. The average Bonchev–Trinajstić information content (AvgIpc) is 3.62. The van der Waals surface area contributed by atoms with Crippen LogP contribution in [0.3, 0.4) is 0 Å². The van der Waals surface area contributed by atoms with Crippen LogP contribution in [0.2, 0.25) is 0 Å². The molecule has 1 fully saturated rings. The predicted octanol–water partition coefficient (Wildman–Crippen LogP) is 3.99. The summed E-state index contributed by atoms with van der Waals surface area (Å²) in [5, 5.41) is 8.57. The van der Waals surface area contributed by atoms with Crippen molar-refractivity contribution in [3.63, 3.8) is 0 Å². The summed E-state index contributed by atoms with van der Waals surface area (Å²) >= 11 is 0. The third-order valence-electron chi connectivity index (χ3n) is 5.91. The first-order valence-corrected chi connectivity index (χ1v) is 11.3. The number of nitrogens with zero attached hydrogens (tertiary/aromatic N) is 5. The van der Waals surface area contributed by atoms with Gasteiger partial charge in [-0.05, 0) is 63.2 Å². The van der Waals surface area contributed by atoms with E-state index in [0.29, 0.717) is 29.5 Å². The van der Waals surface area contributed by atoms with Crippen LogP contribution in [0.4, 0.5) is 0 Å². The number of hydrogen-bond acceptors (Lipinski definition) is 5. The Morgan fingerprint density at radius 3 is 2.55 bits per heavy atom. The van der Waals surface area contributed by atoms with Crippen LogP contribution in [0.1, 0.15) is 51.6 Å². The highest BCUT2D eigenvalue weighted by Crippen LogP contribution is 2.40. The lowest BCUT2D eigenvalue weighted by atomic mass is 10.1. The first-order valence-electron chi connectivity index (χ1n) is 11.3. The van der Waals surface area contributed by atoms with Crippen molar-refractivity contribution in [2.24, 2.45) is 0 Å². The summed E-state index contributed by atoms with van der Waals surface area (Å²) in [7, 11) is 4.11. The fraction of sp³-hybridized carbons (Fsp3) is 0.308. The Bertz CT molecular complexity index is 1290. The number of aryl methyl sites for hydroxylation is 1. The fourth-order valence-corrected chi connectivity index (χ4v) is 4.12. The van der Waals surface area contributed by atoms with Gasteiger partial charge in [-0.3, -0.25) is 4.79 Å². The lowest BCUT2D eigenvalue weighted by Crippen LogP contribution is -2.23. The van der Waals surface area contributed by atoms with Gasteiger partial charge in [-0.25, -0.2) is 9.97 Å². The average molecular weight is 441 g/mol. The Morgan fingerprint density at radius 1 is 1.12 bits per heavy atom. The van der Waals surface area contributed by atoms with Crippen LogP contribution in [0.5, 0.6) is 0 Å². The summed E-state index contributed by atoms with van der Waals surface area (Å²) in [6.07, 6.45) is 3.95. The van der Waals surface area contributed by atoms with Gasteiger partial charge in [0.1, 0.15) is 0 Å². The maximum atomic E-state index is 13.3. The zero-order valence-corrected chi connectivity index (χ0v) is 19.2. The van der Waals surface area contributed by atoms with E-state index in [2.05, 4.69) is 58.7 Å². The molecule has 4 aromatic rings. The van der Waals surface area contributed by atoms with Crippen molar-refractivity contribution in [1.29, 1.82) is 0 Å². The number of amides is 1. The lowest BCUT2D eigenvalue weighted by molar-refractivity contribution is 0.0952. The van der Waals surface area contributed by atoms with E-state index in [4.69, 9.17) is 4.98 Å². The van der Waals surface area contributed by atoms with Crippen LogP contribution in [-0.2, 0) is 13.1 Å². The van der Waals surface area contributed by atoms with Crippen molar-refractivity contribution in [2.75, 3.05) is 14.1 Å². The summed E-state index contributed by atoms with van der Waals surface area (Å²) in [5.74, 6) is 1.00. The van der Waals surface area contributed by atoms with Gasteiger partial charge in [0.15, 0.2) is 11.5 Å². The largest absolute Gasteiger partial charge is 0.348 e. The summed E-state index contributed by atoms with van der Waals surface area (Å²) in [5.41, 5.74) is 5.36. The van der Waals surface area contributed by atoms with Gasteiger partial charge in [-0.1, -0.05) is 30.3 Å². The van der Waals surface area contributed by atoms with Gasteiger partial charge in [0.05, 0.1) is 16.6 Å². The molecule has 7 nitrogen and oxygen atoms in total. The molecule has 0 saturated heterocycles. The molecule has 0 bridgehead atoms. The van der Waals surface area contributed by atoms with Gasteiger partial charge >= 0.3 is 0 Å². The number of fused-ring (bicyclic) bond motifs is 1. The van der Waals surface area contributed by atoms with Crippen LogP contribution in [0.25, 0.3) is 16.9 Å². The topological polar surface area (TPSA) is 75.9 Å². The summed E-state index contributed by atoms with van der Waals surface area (Å²) in [4.78, 5) is 24.8. The second-order valence-electron chi connectivity index (χ2n) is 8.99. The number of benzene rings is 1. The number of hydrogen-bond donors (Lipinski definition) is 1. The Morgan fingerprint density at radius 2 is 1.88 bits per heavy atom. The molecule has 3 aromatic heterocycles. The quantitative estimate of drug-likeness (QED) is 0.470. The molecule has 3 heterocycles. The minimum absolute atomic E-state index is 0.106. The van der Waals surface area contributed by atoms with E-state index in [1.807, 2.05) is 31.2 Å². The number of pyridine rings is 2. The minimum atomic E-state index is -0.106. The van der Waals surface area contributed by atoms with E-state index in [0.717, 1.165) is 41.7 Å². The van der Waals surface area contributed by atoms with Gasteiger partial charge in [0, 0.05) is 30.9 Å². The van der Waals surface area contributed by atoms with Crippen molar-refractivity contribution < 1.29 is 4.79 Å². The molecule has 7 heteroatoms. The molecule has 1 aliphatic carbocycles. The Kier molecular flexibility index (Phi) is 5.64. The molecule has 33 heavy (non-hydrogen) atoms. The van der Waals surface area contributed by atoms with Gasteiger partial charge in [0.25, 0.3) is 5.91 Å². The van der Waals surface area contributed by atoms with Gasteiger partial charge in [-0.2, -0.15) is 9.78 Å². The SMILES string of the molecule is Cc1nn(-c2ccccn2)c2nc(C3CC3)cc(C(=O)NCc3ccc(CN(C)C)cc3)c12. The molecular formula is C26H28N6O. The Hall–Kier alpha value is -3.58. The van der Waals surface area contributed by atoms with Gasteiger partial charge in [-0.15, -0.1) is 0 Å². The monoisotopic (exact) mass is 440 g/mol. The second kappa shape index (κ2) is 8.75. The molecule has 168 valence electrons. The van der Waals surface area contributed by atoms with E-state index in [9.17, 15) is 4.79 Å². The maximum absolute atomic E-state index is 13.3. The Labute approximate surface area is 193 Å². The maximum Gasteiger partial charge on any atom is 0.252 e.